The Morgan fingerprint density at radius 1 is 1.02 bits per heavy atom. The van der Waals surface area contributed by atoms with Crippen molar-refractivity contribution in [2.45, 2.75) is 107 Å². The molecule has 1 saturated carbocycles. The largest absolute Gasteiger partial charge is 0.489 e. The summed E-state index contributed by atoms with van der Waals surface area (Å²) in [7, 11) is 0. The molecule has 1 aliphatic heterocycles. The van der Waals surface area contributed by atoms with Crippen molar-refractivity contribution in [3.05, 3.63) is 64.3 Å². The average Bonchev–Trinajstić information content (AvgIpc) is 3.72. The van der Waals surface area contributed by atoms with Gasteiger partial charge in [0.15, 0.2) is 0 Å². The van der Waals surface area contributed by atoms with Crippen LogP contribution in [0.4, 0.5) is 13.2 Å². The molecular weight excluding hydrogens is 567 g/mol. The lowest BCUT2D eigenvalue weighted by Gasteiger charge is -2.38. The van der Waals surface area contributed by atoms with Crippen LogP contribution in [-0.4, -0.2) is 57.0 Å². The summed E-state index contributed by atoms with van der Waals surface area (Å²) in [6, 6.07) is 10.0. The number of hydrogen-bond donors (Lipinski definition) is 4. The molecule has 232 valence electrons. The fourth-order valence-electron chi connectivity index (χ4n) is 6.81. The van der Waals surface area contributed by atoms with Crippen LogP contribution in [0.2, 0.25) is 0 Å². The van der Waals surface area contributed by atoms with Gasteiger partial charge in [0.25, 0.3) is 0 Å². The maximum atomic E-state index is 13.9. The summed E-state index contributed by atoms with van der Waals surface area (Å²) in [6.07, 6.45) is -6.05. The number of H-pyrrole nitrogens is 1. The summed E-state index contributed by atoms with van der Waals surface area (Å²) < 4.78 is 58.3. The van der Waals surface area contributed by atoms with Gasteiger partial charge in [-0.3, -0.25) is 4.79 Å². The van der Waals surface area contributed by atoms with E-state index < -0.39 is 48.4 Å². The monoisotopic (exact) mass is 603 g/mol. The molecule has 4 N–H and O–H groups in total. The van der Waals surface area contributed by atoms with Crippen molar-refractivity contribution in [3.8, 4) is 5.75 Å². The maximum Gasteiger partial charge on any atom is 0.416 e. The van der Waals surface area contributed by atoms with Crippen LogP contribution in [-0.2, 0) is 33.5 Å². The Kier molecular flexibility index (Phi) is 8.18. The number of rotatable bonds is 7. The number of ether oxygens (including phenoxy) is 3. The second-order valence-electron chi connectivity index (χ2n) is 12.0. The molecule has 3 aliphatic rings. The number of alkyl halides is 3. The number of benzene rings is 2. The van der Waals surface area contributed by atoms with Crippen LogP contribution in [0.3, 0.4) is 0 Å². The summed E-state index contributed by atoms with van der Waals surface area (Å²) in [5.41, 5.74) is 3.06. The third-order valence-corrected chi connectivity index (χ3v) is 9.15. The van der Waals surface area contributed by atoms with Crippen LogP contribution in [0.25, 0.3) is 10.9 Å². The number of aromatic amines is 1. The topological polar surface area (TPSA) is 121 Å². The van der Waals surface area contributed by atoms with Crippen molar-refractivity contribution in [1.82, 2.24) is 4.98 Å². The van der Waals surface area contributed by atoms with E-state index in [1.54, 1.807) is 18.2 Å². The molecule has 0 bridgehead atoms. The van der Waals surface area contributed by atoms with Gasteiger partial charge in [-0.05, 0) is 79.5 Å². The van der Waals surface area contributed by atoms with E-state index in [0.717, 1.165) is 47.8 Å². The van der Waals surface area contributed by atoms with E-state index in [0.29, 0.717) is 29.7 Å². The van der Waals surface area contributed by atoms with E-state index in [2.05, 4.69) is 4.98 Å². The molecule has 6 atom stereocenters. The van der Waals surface area contributed by atoms with Crippen molar-refractivity contribution >= 4 is 16.9 Å². The molecule has 6 rings (SSSR count). The molecule has 1 aromatic heterocycles. The van der Waals surface area contributed by atoms with E-state index in [1.165, 1.54) is 13.0 Å². The number of aryl methyl sites for hydroxylation is 1. The quantitative estimate of drug-likeness (QED) is 0.274. The average molecular weight is 604 g/mol. The van der Waals surface area contributed by atoms with E-state index >= 15 is 0 Å². The molecule has 2 heterocycles. The first-order valence-corrected chi connectivity index (χ1v) is 14.9. The number of carbonyl (C=O) groups is 1. The van der Waals surface area contributed by atoms with E-state index in [9.17, 15) is 33.3 Å². The third kappa shape index (κ3) is 6.00. The van der Waals surface area contributed by atoms with Crippen molar-refractivity contribution < 1.29 is 47.5 Å². The molecular formula is C32H36F3NO7. The molecule has 0 radical (unpaired) electrons. The fourth-order valence-corrected chi connectivity index (χ4v) is 6.81. The summed E-state index contributed by atoms with van der Waals surface area (Å²) >= 11 is 0. The number of fused-ring (bicyclic) bond motifs is 3. The number of aliphatic hydroxyl groups is 3. The molecule has 3 aromatic rings. The summed E-state index contributed by atoms with van der Waals surface area (Å²) in [4.78, 5) is 16.1. The summed E-state index contributed by atoms with van der Waals surface area (Å²) in [5.74, 6) is -0.276. The van der Waals surface area contributed by atoms with Crippen molar-refractivity contribution in [2.24, 2.45) is 0 Å². The van der Waals surface area contributed by atoms with E-state index in [-0.39, 0.29) is 24.9 Å². The van der Waals surface area contributed by atoms with Gasteiger partial charge < -0.3 is 34.5 Å². The van der Waals surface area contributed by atoms with Crippen LogP contribution < -0.4 is 4.74 Å². The van der Waals surface area contributed by atoms with Crippen LogP contribution in [0, 0.1) is 0 Å². The number of aromatic nitrogens is 1. The van der Waals surface area contributed by atoms with Gasteiger partial charge in [0, 0.05) is 22.5 Å². The minimum absolute atomic E-state index is 0.0000431. The maximum absolute atomic E-state index is 13.9. The van der Waals surface area contributed by atoms with Gasteiger partial charge in [-0.15, -0.1) is 0 Å². The predicted octanol–water partition coefficient (Wildman–Crippen LogP) is 5.21. The van der Waals surface area contributed by atoms with E-state index in [1.807, 2.05) is 12.1 Å². The highest BCUT2D eigenvalue weighted by Gasteiger charge is 2.44. The minimum atomic E-state index is -4.42. The molecule has 0 spiro atoms. The molecule has 2 aromatic carbocycles. The van der Waals surface area contributed by atoms with Crippen molar-refractivity contribution in [2.75, 3.05) is 0 Å². The number of carbonyl (C=O) groups excluding carboxylic acids is 1. The molecule has 1 saturated heterocycles. The first-order valence-electron chi connectivity index (χ1n) is 14.9. The number of halogens is 3. The zero-order valence-electron chi connectivity index (χ0n) is 23.8. The van der Waals surface area contributed by atoms with Crippen molar-refractivity contribution in [3.63, 3.8) is 0 Å². The molecule has 2 fully saturated rings. The number of nitrogens with one attached hydrogen (secondary N) is 1. The van der Waals surface area contributed by atoms with Gasteiger partial charge in [0.2, 0.25) is 6.29 Å². The van der Waals surface area contributed by atoms with Gasteiger partial charge in [0.1, 0.15) is 30.7 Å². The van der Waals surface area contributed by atoms with Crippen molar-refractivity contribution in [1.29, 1.82) is 0 Å². The Labute approximate surface area is 246 Å². The minimum Gasteiger partial charge on any atom is -0.489 e. The molecule has 8 nitrogen and oxygen atoms in total. The normalized spacial score (nSPS) is 27.9. The molecule has 6 unspecified atom stereocenters. The molecule has 0 amide bonds. The number of esters is 1. The van der Waals surface area contributed by atoms with Crippen LogP contribution in [0.1, 0.15) is 85.2 Å². The van der Waals surface area contributed by atoms with Crippen LogP contribution in [0.15, 0.2) is 36.4 Å². The zero-order chi connectivity index (χ0) is 30.5. The van der Waals surface area contributed by atoms with Gasteiger partial charge in [-0.1, -0.05) is 25.0 Å². The van der Waals surface area contributed by atoms with Crippen LogP contribution >= 0.6 is 0 Å². The first kappa shape index (κ1) is 29.9. The second-order valence-corrected chi connectivity index (χ2v) is 12.0. The highest BCUT2D eigenvalue weighted by Crippen LogP contribution is 2.43. The molecule has 43 heavy (non-hydrogen) atoms. The molecule has 2 aliphatic carbocycles. The lowest BCUT2D eigenvalue weighted by Crippen LogP contribution is -2.57. The summed E-state index contributed by atoms with van der Waals surface area (Å²) in [5, 5.41) is 30.9. The third-order valence-electron chi connectivity index (χ3n) is 9.15. The lowest BCUT2D eigenvalue weighted by atomic mass is 9.91. The Balaban J connectivity index is 1.12. The smallest absolute Gasteiger partial charge is 0.416 e. The first-order chi connectivity index (χ1) is 20.5. The SMILES string of the molecule is CC1OC(OC(=O)CC2CCc3c2[nH]c2ccc(OCc4ccc(C5CCCC5)c(C(F)(F)F)c4)cc32)C(O)C(O)C1O. The lowest BCUT2D eigenvalue weighted by molar-refractivity contribution is -0.284. The Bertz CT molecular complexity index is 1480. The van der Waals surface area contributed by atoms with Gasteiger partial charge in [-0.25, -0.2) is 0 Å². The second kappa shape index (κ2) is 11.8. The number of aliphatic hydroxyl groups excluding tert-OH is 3. The Morgan fingerprint density at radius 2 is 1.79 bits per heavy atom. The highest BCUT2D eigenvalue weighted by atomic mass is 19.4. The van der Waals surface area contributed by atoms with Gasteiger partial charge in [0.05, 0.1) is 18.1 Å². The highest BCUT2D eigenvalue weighted by molar-refractivity contribution is 5.87. The Morgan fingerprint density at radius 3 is 2.53 bits per heavy atom. The zero-order valence-corrected chi connectivity index (χ0v) is 23.8. The molecule has 11 heteroatoms. The number of hydrogen-bond acceptors (Lipinski definition) is 7. The standard InChI is InChI=1S/C32H36F3NO7/c1-16-28(38)29(39)30(40)31(42-16)43-26(37)13-19-7-10-22-23-14-20(8-11-25(23)36-27(19)22)41-15-17-6-9-21(18-4-2-3-5-18)24(12-17)32(33,34)35/h6,8-9,11-12,14,16,18-19,28-31,36,38-40H,2-5,7,10,13,15H2,1H3. The predicted molar refractivity (Wildman–Crippen MR) is 149 cm³/mol. The summed E-state index contributed by atoms with van der Waals surface area (Å²) in [6.45, 7) is 1.51. The van der Waals surface area contributed by atoms with Gasteiger partial charge >= 0.3 is 12.1 Å². The Hall–Kier alpha value is -3.12. The fraction of sp³-hybridized carbons (Fsp3) is 0.531. The van der Waals surface area contributed by atoms with Crippen LogP contribution in [0.5, 0.6) is 5.75 Å². The van der Waals surface area contributed by atoms with Gasteiger partial charge in [-0.2, -0.15) is 13.2 Å². The van der Waals surface area contributed by atoms with E-state index in [4.69, 9.17) is 14.2 Å².